The monoisotopic (exact) mass is 405 g/mol. The first kappa shape index (κ1) is 20.3. The van der Waals surface area contributed by atoms with Gasteiger partial charge in [0.1, 0.15) is 5.82 Å². The second kappa shape index (κ2) is 8.32. The molecule has 0 spiro atoms. The molecule has 0 aliphatic heterocycles. The summed E-state index contributed by atoms with van der Waals surface area (Å²) in [5.41, 5.74) is 1.48. The molecular formula is C19H27N5O3S. The minimum atomic E-state index is -3.53. The molecule has 2 aromatic rings. The second-order valence-corrected chi connectivity index (χ2v) is 9.42. The molecule has 2 N–H and O–H groups in total. The van der Waals surface area contributed by atoms with E-state index in [0.29, 0.717) is 17.5 Å². The molecular weight excluding hydrogens is 378 g/mol. The van der Waals surface area contributed by atoms with Gasteiger partial charge in [0.15, 0.2) is 0 Å². The zero-order chi connectivity index (χ0) is 20.3. The average molecular weight is 406 g/mol. The van der Waals surface area contributed by atoms with Gasteiger partial charge in [-0.15, -0.1) is 0 Å². The first-order chi connectivity index (χ1) is 13.3. The Morgan fingerprint density at radius 3 is 2.64 bits per heavy atom. The van der Waals surface area contributed by atoms with E-state index < -0.39 is 10.0 Å². The number of amides is 1. The number of carbonyl (C=O) groups is 1. The van der Waals surface area contributed by atoms with Gasteiger partial charge in [-0.25, -0.2) is 17.4 Å². The highest BCUT2D eigenvalue weighted by Gasteiger charge is 2.21. The van der Waals surface area contributed by atoms with Gasteiger partial charge < -0.3 is 10.6 Å². The van der Waals surface area contributed by atoms with E-state index in [9.17, 15) is 13.2 Å². The van der Waals surface area contributed by atoms with E-state index in [1.165, 1.54) is 31.2 Å². The topological polar surface area (TPSA) is 96.3 Å². The Hall–Kier alpha value is -2.39. The molecule has 8 nitrogen and oxygen atoms in total. The van der Waals surface area contributed by atoms with Gasteiger partial charge in [0.25, 0.3) is 0 Å². The number of carbonyl (C=O) groups excluding carboxylic acids is 1. The number of rotatable bonds is 7. The van der Waals surface area contributed by atoms with Crippen LogP contribution in [0.3, 0.4) is 0 Å². The number of hydrogen-bond donors (Lipinski definition) is 2. The Morgan fingerprint density at radius 1 is 1.25 bits per heavy atom. The Labute approximate surface area is 166 Å². The van der Waals surface area contributed by atoms with Gasteiger partial charge in [0.2, 0.25) is 15.9 Å². The number of nitrogens with zero attached hydrogens (tertiary/aromatic N) is 3. The van der Waals surface area contributed by atoms with Crippen LogP contribution < -0.4 is 10.6 Å². The lowest BCUT2D eigenvalue weighted by Gasteiger charge is -2.16. The fourth-order valence-electron chi connectivity index (χ4n) is 3.38. The molecule has 0 saturated heterocycles. The largest absolute Gasteiger partial charge is 0.376 e. The Morgan fingerprint density at radius 2 is 1.96 bits per heavy atom. The predicted molar refractivity (Wildman–Crippen MR) is 109 cm³/mol. The average Bonchev–Trinajstić information content (AvgIpc) is 3.32. The summed E-state index contributed by atoms with van der Waals surface area (Å²) in [6.07, 6.45) is 6.22. The molecule has 152 valence electrons. The summed E-state index contributed by atoms with van der Waals surface area (Å²) >= 11 is 0. The summed E-state index contributed by atoms with van der Waals surface area (Å²) in [4.78, 5) is 12.6. The third kappa shape index (κ3) is 4.36. The first-order valence-corrected chi connectivity index (χ1v) is 10.8. The number of nitrogens with one attached hydrogen (secondary N) is 2. The number of hydrogen-bond acceptors (Lipinski definition) is 5. The molecule has 1 fully saturated rings. The van der Waals surface area contributed by atoms with Gasteiger partial charge in [-0.1, -0.05) is 18.9 Å². The third-order valence-corrected chi connectivity index (χ3v) is 6.85. The molecule has 1 saturated carbocycles. The maximum atomic E-state index is 12.4. The maximum Gasteiger partial charge on any atom is 0.244 e. The van der Waals surface area contributed by atoms with Crippen LogP contribution in [0.15, 0.2) is 35.4 Å². The Bertz CT molecular complexity index is 946. The van der Waals surface area contributed by atoms with Crippen LogP contribution in [0.1, 0.15) is 37.3 Å². The Balaban J connectivity index is 1.66. The fraction of sp³-hybridized carbons (Fsp3) is 0.474. The van der Waals surface area contributed by atoms with Gasteiger partial charge in [-0.3, -0.25) is 4.79 Å². The molecule has 0 atom stereocenters. The fourth-order valence-corrected chi connectivity index (χ4v) is 4.31. The van der Waals surface area contributed by atoms with Crippen molar-refractivity contribution in [3.05, 3.63) is 36.0 Å². The molecule has 0 unspecified atom stereocenters. The van der Waals surface area contributed by atoms with Crippen molar-refractivity contribution in [2.75, 3.05) is 31.3 Å². The molecule has 9 heteroatoms. The molecule has 3 rings (SSSR count). The molecule has 0 radical (unpaired) electrons. The van der Waals surface area contributed by atoms with Crippen LogP contribution in [0.4, 0.5) is 11.5 Å². The molecule has 1 amide bonds. The van der Waals surface area contributed by atoms with Gasteiger partial charge in [-0.2, -0.15) is 5.10 Å². The van der Waals surface area contributed by atoms with Crippen molar-refractivity contribution < 1.29 is 13.2 Å². The quantitative estimate of drug-likeness (QED) is 0.738. The van der Waals surface area contributed by atoms with Crippen LogP contribution in [-0.4, -0.2) is 49.1 Å². The summed E-state index contributed by atoms with van der Waals surface area (Å²) < 4.78 is 27.7. The van der Waals surface area contributed by atoms with E-state index in [1.54, 1.807) is 30.5 Å². The van der Waals surface area contributed by atoms with Crippen molar-refractivity contribution in [2.45, 2.75) is 43.5 Å². The van der Waals surface area contributed by atoms with Gasteiger partial charge >= 0.3 is 0 Å². The van der Waals surface area contributed by atoms with Crippen LogP contribution >= 0.6 is 0 Å². The van der Waals surface area contributed by atoms with Crippen LogP contribution in [0.25, 0.3) is 0 Å². The lowest BCUT2D eigenvalue weighted by molar-refractivity contribution is -0.114. The lowest BCUT2D eigenvalue weighted by atomic mass is 10.2. The van der Waals surface area contributed by atoms with E-state index in [-0.39, 0.29) is 17.3 Å². The lowest BCUT2D eigenvalue weighted by Crippen LogP contribution is -2.25. The predicted octanol–water partition coefficient (Wildman–Crippen LogP) is 2.61. The smallest absolute Gasteiger partial charge is 0.244 e. The van der Waals surface area contributed by atoms with Crippen LogP contribution in [0, 0.1) is 6.92 Å². The first-order valence-electron chi connectivity index (χ1n) is 9.39. The minimum Gasteiger partial charge on any atom is -0.376 e. The number of anilines is 2. The van der Waals surface area contributed by atoms with Crippen molar-refractivity contribution in [3.8, 4) is 0 Å². The highest BCUT2D eigenvalue weighted by molar-refractivity contribution is 7.89. The van der Waals surface area contributed by atoms with E-state index in [1.807, 2.05) is 11.6 Å². The summed E-state index contributed by atoms with van der Waals surface area (Å²) in [6, 6.07) is 6.99. The van der Waals surface area contributed by atoms with Crippen LogP contribution in [-0.2, 0) is 14.8 Å². The van der Waals surface area contributed by atoms with Gasteiger partial charge in [0, 0.05) is 25.8 Å². The molecule has 1 aliphatic carbocycles. The number of aromatic nitrogens is 2. The molecule has 0 bridgehead atoms. The van der Waals surface area contributed by atoms with Crippen molar-refractivity contribution in [1.82, 2.24) is 14.1 Å². The summed E-state index contributed by atoms with van der Waals surface area (Å²) in [5.74, 6) is 0.486. The van der Waals surface area contributed by atoms with E-state index in [2.05, 4.69) is 15.7 Å². The molecule has 1 heterocycles. The standard InChI is InChI=1S/C19H27N5O3S/c1-14-8-9-16(28(26,27)23(2)3)12-17(14)20-13-19(25)22-18-10-11-21-24(18)15-6-4-5-7-15/h8-12,15,20H,4-7,13H2,1-3H3,(H,22,25). The molecule has 1 aromatic carbocycles. The van der Waals surface area contributed by atoms with Gasteiger partial charge in [0.05, 0.1) is 23.7 Å². The highest BCUT2D eigenvalue weighted by atomic mass is 32.2. The normalized spacial score (nSPS) is 15.1. The molecule has 1 aliphatic rings. The van der Waals surface area contributed by atoms with E-state index in [4.69, 9.17) is 0 Å². The minimum absolute atomic E-state index is 0.0299. The zero-order valence-electron chi connectivity index (χ0n) is 16.5. The van der Waals surface area contributed by atoms with Gasteiger partial charge in [-0.05, 0) is 37.5 Å². The number of aryl methyl sites for hydroxylation is 1. The summed E-state index contributed by atoms with van der Waals surface area (Å²) in [6.45, 7) is 1.89. The number of sulfonamides is 1. The SMILES string of the molecule is Cc1ccc(S(=O)(=O)N(C)C)cc1NCC(=O)Nc1ccnn1C1CCCC1. The van der Waals surface area contributed by atoms with Crippen molar-refractivity contribution >= 4 is 27.4 Å². The molecule has 1 aromatic heterocycles. The third-order valence-electron chi connectivity index (χ3n) is 5.04. The second-order valence-electron chi connectivity index (χ2n) is 7.27. The van der Waals surface area contributed by atoms with E-state index in [0.717, 1.165) is 18.4 Å². The van der Waals surface area contributed by atoms with Crippen molar-refractivity contribution in [2.24, 2.45) is 0 Å². The zero-order valence-corrected chi connectivity index (χ0v) is 17.3. The maximum absolute atomic E-state index is 12.4. The summed E-state index contributed by atoms with van der Waals surface area (Å²) in [5, 5.41) is 10.3. The Kier molecular flexibility index (Phi) is 6.04. The number of benzene rings is 1. The van der Waals surface area contributed by atoms with Crippen molar-refractivity contribution in [3.63, 3.8) is 0 Å². The van der Waals surface area contributed by atoms with Crippen molar-refractivity contribution in [1.29, 1.82) is 0 Å². The highest BCUT2D eigenvalue weighted by Crippen LogP contribution is 2.31. The van der Waals surface area contributed by atoms with Crippen LogP contribution in [0.2, 0.25) is 0 Å². The van der Waals surface area contributed by atoms with Crippen LogP contribution in [0.5, 0.6) is 0 Å². The summed E-state index contributed by atoms with van der Waals surface area (Å²) in [7, 11) is -0.551. The molecule has 28 heavy (non-hydrogen) atoms. The van der Waals surface area contributed by atoms with E-state index >= 15 is 0 Å².